The largest absolute Gasteiger partial charge is 0.286 e. The van der Waals surface area contributed by atoms with Crippen LogP contribution in [0.15, 0.2) is 107 Å². The Balaban J connectivity index is 1.90. The van der Waals surface area contributed by atoms with Crippen molar-refractivity contribution in [3.63, 3.8) is 0 Å². The van der Waals surface area contributed by atoms with Crippen molar-refractivity contribution < 1.29 is 8.42 Å². The molecule has 1 aromatic heterocycles. The zero-order valence-corrected chi connectivity index (χ0v) is 19.6. The molecule has 0 amide bonds. The second-order valence-corrected chi connectivity index (χ2v) is 9.16. The zero-order valence-electron chi connectivity index (χ0n) is 18.8. The molecule has 0 unspecified atom stereocenters. The van der Waals surface area contributed by atoms with Crippen molar-refractivity contribution in [1.29, 1.82) is 0 Å². The van der Waals surface area contributed by atoms with Gasteiger partial charge in [0.1, 0.15) is 11.4 Å². The summed E-state index contributed by atoms with van der Waals surface area (Å²) in [5, 5.41) is 12.7. The Kier molecular flexibility index (Phi) is 6.89. The number of anilines is 1. The molecule has 170 valence electrons. The van der Waals surface area contributed by atoms with Crippen molar-refractivity contribution in [2.75, 3.05) is 4.41 Å². The summed E-state index contributed by atoms with van der Waals surface area (Å²) >= 11 is 0. The number of rotatable bonds is 7. The fourth-order valence-electron chi connectivity index (χ4n) is 3.20. The second kappa shape index (κ2) is 10.2. The molecule has 34 heavy (non-hydrogen) atoms. The van der Waals surface area contributed by atoms with Gasteiger partial charge in [-0.25, -0.2) is 4.98 Å². The Morgan fingerprint density at radius 1 is 0.794 bits per heavy atom. The van der Waals surface area contributed by atoms with Gasteiger partial charge >= 0.3 is 0 Å². The van der Waals surface area contributed by atoms with E-state index in [4.69, 9.17) is 0 Å². The number of allylic oxidation sites excluding steroid dienone is 2. The number of aromatic nitrogens is 3. The number of hydrogen-bond donors (Lipinski definition) is 0. The van der Waals surface area contributed by atoms with Gasteiger partial charge in [0.25, 0.3) is 16.0 Å². The Labute approximate surface area is 199 Å². The maximum atomic E-state index is 13.5. The minimum absolute atomic E-state index is 0.0766. The van der Waals surface area contributed by atoms with Crippen LogP contribution in [0.2, 0.25) is 0 Å². The van der Waals surface area contributed by atoms with Crippen LogP contribution in [0.25, 0.3) is 22.5 Å². The van der Waals surface area contributed by atoms with Crippen molar-refractivity contribution in [2.45, 2.75) is 18.7 Å². The Morgan fingerprint density at radius 2 is 1.38 bits per heavy atom. The molecule has 8 heteroatoms. The summed E-state index contributed by atoms with van der Waals surface area (Å²) in [5.41, 5.74) is 3.59. The van der Waals surface area contributed by atoms with E-state index in [1.165, 1.54) is 18.3 Å². The quantitative estimate of drug-likeness (QED) is 0.272. The van der Waals surface area contributed by atoms with Crippen LogP contribution < -0.4 is 4.41 Å². The standard InChI is InChI=1S/C26H23N5O2S/c1-3-4-19-27-31(34(32,33)23-17-15-20(2)16-18-23)26-28-24(21-11-7-5-8-12-21)25(29-30-26)22-13-9-6-10-14-22/h3-19H,1-2H3/b4-3-,27-19-. The molecule has 0 bridgehead atoms. The molecule has 0 fully saturated rings. The van der Waals surface area contributed by atoms with Gasteiger partial charge in [0, 0.05) is 17.3 Å². The Morgan fingerprint density at radius 3 is 1.97 bits per heavy atom. The molecule has 0 saturated carbocycles. The molecule has 0 saturated heterocycles. The van der Waals surface area contributed by atoms with Crippen LogP contribution in [-0.2, 0) is 10.0 Å². The van der Waals surface area contributed by atoms with Crippen molar-refractivity contribution >= 4 is 22.2 Å². The number of hydrazone groups is 1. The van der Waals surface area contributed by atoms with Gasteiger partial charge in [0.15, 0.2) is 0 Å². The number of sulfonamides is 1. The summed E-state index contributed by atoms with van der Waals surface area (Å²) in [5.74, 6) is -0.153. The van der Waals surface area contributed by atoms with Crippen LogP contribution >= 0.6 is 0 Å². The smallest absolute Gasteiger partial charge is 0.207 e. The monoisotopic (exact) mass is 469 g/mol. The molecule has 1 heterocycles. The van der Waals surface area contributed by atoms with Gasteiger partial charge in [-0.05, 0) is 32.1 Å². The molecule has 0 aliphatic carbocycles. The van der Waals surface area contributed by atoms with E-state index >= 15 is 0 Å². The first-order valence-electron chi connectivity index (χ1n) is 10.6. The summed E-state index contributed by atoms with van der Waals surface area (Å²) in [6.45, 7) is 3.70. The van der Waals surface area contributed by atoms with E-state index in [0.29, 0.717) is 11.4 Å². The van der Waals surface area contributed by atoms with Gasteiger partial charge in [0.05, 0.1) is 4.90 Å². The highest BCUT2D eigenvalue weighted by molar-refractivity contribution is 7.92. The Bertz CT molecular complexity index is 1420. The van der Waals surface area contributed by atoms with E-state index in [9.17, 15) is 8.42 Å². The molecular weight excluding hydrogens is 446 g/mol. The molecule has 0 radical (unpaired) electrons. The predicted molar refractivity (Wildman–Crippen MR) is 135 cm³/mol. The van der Waals surface area contributed by atoms with E-state index < -0.39 is 10.0 Å². The lowest BCUT2D eigenvalue weighted by Crippen LogP contribution is -2.28. The van der Waals surface area contributed by atoms with Crippen LogP contribution in [0.5, 0.6) is 0 Å². The third kappa shape index (κ3) is 4.92. The lowest BCUT2D eigenvalue weighted by atomic mass is 10.0. The molecule has 0 aliphatic rings. The summed E-state index contributed by atoms with van der Waals surface area (Å²) in [7, 11) is -4.09. The number of benzene rings is 3. The lowest BCUT2D eigenvalue weighted by molar-refractivity contribution is 0.590. The zero-order chi connectivity index (χ0) is 24.0. The van der Waals surface area contributed by atoms with Crippen molar-refractivity contribution in [1.82, 2.24) is 15.2 Å². The van der Waals surface area contributed by atoms with E-state index in [-0.39, 0.29) is 10.8 Å². The number of nitrogens with zero attached hydrogens (tertiary/aromatic N) is 5. The highest BCUT2D eigenvalue weighted by atomic mass is 32.2. The SMILES string of the molecule is C/C=C\C=N/N(c1nnc(-c2ccccc2)c(-c2ccccc2)n1)S(=O)(=O)c1ccc(C)cc1. The number of hydrogen-bond acceptors (Lipinski definition) is 6. The van der Waals surface area contributed by atoms with Crippen LogP contribution in [0.3, 0.4) is 0 Å². The third-order valence-electron chi connectivity index (χ3n) is 4.94. The molecule has 0 aliphatic heterocycles. The van der Waals surface area contributed by atoms with Crippen LogP contribution in [0.1, 0.15) is 12.5 Å². The van der Waals surface area contributed by atoms with Gasteiger partial charge in [0.2, 0.25) is 0 Å². The second-order valence-electron chi connectivity index (χ2n) is 7.39. The molecule has 3 aromatic carbocycles. The first-order valence-corrected chi connectivity index (χ1v) is 12.1. The van der Waals surface area contributed by atoms with Gasteiger partial charge in [-0.3, -0.25) is 0 Å². The number of aryl methyl sites for hydroxylation is 1. The highest BCUT2D eigenvalue weighted by Crippen LogP contribution is 2.30. The maximum absolute atomic E-state index is 13.5. The average molecular weight is 470 g/mol. The molecule has 4 rings (SSSR count). The molecule has 4 aromatic rings. The van der Waals surface area contributed by atoms with E-state index in [2.05, 4.69) is 20.3 Å². The average Bonchev–Trinajstić information content (AvgIpc) is 2.87. The molecule has 0 N–H and O–H groups in total. The fraction of sp³-hybridized carbons (Fsp3) is 0.0769. The fourth-order valence-corrected chi connectivity index (χ4v) is 4.35. The van der Waals surface area contributed by atoms with E-state index in [0.717, 1.165) is 21.1 Å². The molecule has 0 spiro atoms. The van der Waals surface area contributed by atoms with Gasteiger partial charge in [-0.2, -0.15) is 13.5 Å². The van der Waals surface area contributed by atoms with Crippen LogP contribution in [0, 0.1) is 6.92 Å². The lowest BCUT2D eigenvalue weighted by Gasteiger charge is -2.18. The van der Waals surface area contributed by atoms with Gasteiger partial charge in [-0.1, -0.05) is 84.4 Å². The van der Waals surface area contributed by atoms with Crippen LogP contribution in [-0.4, -0.2) is 29.8 Å². The van der Waals surface area contributed by atoms with Crippen molar-refractivity contribution in [2.24, 2.45) is 5.10 Å². The molecular formula is C26H23N5O2S. The third-order valence-corrected chi connectivity index (χ3v) is 6.52. The summed E-state index contributed by atoms with van der Waals surface area (Å²) in [4.78, 5) is 4.72. The first kappa shape index (κ1) is 23.0. The topological polar surface area (TPSA) is 88.4 Å². The molecule has 7 nitrogen and oxygen atoms in total. The summed E-state index contributed by atoms with van der Waals surface area (Å²) < 4.78 is 27.9. The van der Waals surface area contributed by atoms with Gasteiger partial charge < -0.3 is 0 Å². The van der Waals surface area contributed by atoms with E-state index in [1.54, 1.807) is 24.3 Å². The van der Waals surface area contributed by atoms with E-state index in [1.807, 2.05) is 74.5 Å². The Hall–Kier alpha value is -4.17. The normalized spacial score (nSPS) is 11.8. The maximum Gasteiger partial charge on any atom is 0.286 e. The summed E-state index contributed by atoms with van der Waals surface area (Å²) in [6, 6.07) is 25.5. The molecule has 0 atom stereocenters. The minimum atomic E-state index is -4.09. The highest BCUT2D eigenvalue weighted by Gasteiger charge is 2.28. The van der Waals surface area contributed by atoms with Gasteiger partial charge in [-0.15, -0.1) is 14.6 Å². The first-order chi connectivity index (χ1) is 16.5. The minimum Gasteiger partial charge on any atom is -0.207 e. The summed E-state index contributed by atoms with van der Waals surface area (Å²) in [6.07, 6.45) is 4.75. The predicted octanol–water partition coefficient (Wildman–Crippen LogP) is 5.27. The van der Waals surface area contributed by atoms with Crippen molar-refractivity contribution in [3.8, 4) is 22.5 Å². The van der Waals surface area contributed by atoms with Crippen LogP contribution in [0.4, 0.5) is 5.95 Å². The van der Waals surface area contributed by atoms with Crippen molar-refractivity contribution in [3.05, 3.63) is 103 Å².